The molecule has 0 unspecified atom stereocenters. The van der Waals surface area contributed by atoms with Gasteiger partial charge in [-0.3, -0.25) is 14.0 Å². The third-order valence-corrected chi connectivity index (χ3v) is 4.90. The zero-order chi connectivity index (χ0) is 19.8. The highest BCUT2D eigenvalue weighted by molar-refractivity contribution is 6.30. The van der Waals surface area contributed by atoms with Crippen LogP contribution in [0.5, 0.6) is 0 Å². The van der Waals surface area contributed by atoms with Crippen molar-refractivity contribution in [3.63, 3.8) is 0 Å². The molecule has 0 saturated heterocycles. The molecule has 0 fully saturated rings. The number of halogens is 1. The molecule has 4 aromatic rings. The SMILES string of the molecule is Cc1cc(=O)n2cc(-c3ccc(Cl)cc3)nc2n1Cc1ccc(C(N)=O)cc1. The van der Waals surface area contributed by atoms with Gasteiger partial charge in [-0.05, 0) is 36.8 Å². The molecule has 0 bridgehead atoms. The first-order chi connectivity index (χ1) is 13.4. The van der Waals surface area contributed by atoms with Crippen LogP contribution < -0.4 is 11.3 Å². The van der Waals surface area contributed by atoms with Gasteiger partial charge >= 0.3 is 0 Å². The molecule has 0 atom stereocenters. The summed E-state index contributed by atoms with van der Waals surface area (Å²) in [5.74, 6) is 0.0864. The van der Waals surface area contributed by atoms with Crippen LogP contribution in [-0.4, -0.2) is 19.9 Å². The predicted molar refractivity (Wildman–Crippen MR) is 109 cm³/mol. The Kier molecular flexibility index (Phi) is 4.49. The number of imidazole rings is 1. The van der Waals surface area contributed by atoms with E-state index in [1.54, 1.807) is 36.5 Å². The summed E-state index contributed by atoms with van der Waals surface area (Å²) in [5.41, 5.74) is 8.95. The monoisotopic (exact) mass is 392 g/mol. The number of nitrogens with zero attached hydrogens (tertiary/aromatic N) is 3. The van der Waals surface area contributed by atoms with Gasteiger partial charge in [-0.1, -0.05) is 35.9 Å². The van der Waals surface area contributed by atoms with Crippen molar-refractivity contribution in [1.29, 1.82) is 0 Å². The Balaban J connectivity index is 1.80. The zero-order valence-electron chi connectivity index (χ0n) is 15.1. The number of carbonyl (C=O) groups excluding carboxylic acids is 1. The van der Waals surface area contributed by atoms with Gasteiger partial charge in [0.25, 0.3) is 5.56 Å². The molecule has 7 heteroatoms. The normalized spacial score (nSPS) is 11.1. The van der Waals surface area contributed by atoms with Crippen molar-refractivity contribution in [2.45, 2.75) is 13.5 Å². The lowest BCUT2D eigenvalue weighted by molar-refractivity contribution is 0.100. The van der Waals surface area contributed by atoms with Crippen molar-refractivity contribution in [3.05, 3.63) is 93.0 Å². The highest BCUT2D eigenvalue weighted by Crippen LogP contribution is 2.21. The van der Waals surface area contributed by atoms with Gasteiger partial charge < -0.3 is 10.3 Å². The van der Waals surface area contributed by atoms with Gasteiger partial charge in [-0.2, -0.15) is 0 Å². The number of aryl methyl sites for hydroxylation is 1. The quantitative estimate of drug-likeness (QED) is 0.578. The number of carbonyl (C=O) groups is 1. The molecular formula is C21H17ClN4O2. The molecule has 6 nitrogen and oxygen atoms in total. The van der Waals surface area contributed by atoms with E-state index < -0.39 is 5.91 Å². The summed E-state index contributed by atoms with van der Waals surface area (Å²) < 4.78 is 3.49. The number of primary amides is 1. The molecule has 0 aliphatic carbocycles. The molecule has 28 heavy (non-hydrogen) atoms. The number of hydrogen-bond donors (Lipinski definition) is 1. The van der Waals surface area contributed by atoms with Crippen molar-refractivity contribution >= 4 is 23.3 Å². The molecule has 1 amide bonds. The number of benzene rings is 2. The van der Waals surface area contributed by atoms with Gasteiger partial charge in [0, 0.05) is 34.1 Å². The topological polar surface area (TPSA) is 82.4 Å². The van der Waals surface area contributed by atoms with Crippen molar-refractivity contribution in [2.75, 3.05) is 0 Å². The summed E-state index contributed by atoms with van der Waals surface area (Å²) in [4.78, 5) is 28.4. The number of nitrogens with two attached hydrogens (primary N) is 1. The van der Waals surface area contributed by atoms with E-state index in [1.165, 1.54) is 4.40 Å². The molecule has 0 radical (unpaired) electrons. The summed E-state index contributed by atoms with van der Waals surface area (Å²) >= 11 is 5.96. The van der Waals surface area contributed by atoms with E-state index >= 15 is 0 Å². The second-order valence-corrected chi connectivity index (χ2v) is 7.01. The molecule has 2 aromatic carbocycles. The third kappa shape index (κ3) is 3.30. The van der Waals surface area contributed by atoms with Crippen LogP contribution in [0, 0.1) is 6.92 Å². The van der Waals surface area contributed by atoms with E-state index in [2.05, 4.69) is 4.98 Å². The Morgan fingerprint density at radius 2 is 1.79 bits per heavy atom. The minimum Gasteiger partial charge on any atom is -0.366 e. The smallest absolute Gasteiger partial charge is 0.259 e. The summed E-state index contributed by atoms with van der Waals surface area (Å²) in [5, 5.41) is 0.641. The van der Waals surface area contributed by atoms with Gasteiger partial charge in [-0.25, -0.2) is 4.98 Å². The number of rotatable bonds is 4. The van der Waals surface area contributed by atoms with Gasteiger partial charge in [0.1, 0.15) is 0 Å². The standard InChI is InChI=1S/C21H17ClN4O2/c1-13-10-19(27)26-12-18(15-6-8-17(22)9-7-15)24-21(26)25(13)11-14-2-4-16(5-3-14)20(23)28/h2-10,12H,11H2,1H3,(H2,23,28). The number of aromatic nitrogens is 3. The number of amides is 1. The minimum absolute atomic E-state index is 0.138. The van der Waals surface area contributed by atoms with Crippen molar-refractivity contribution in [2.24, 2.45) is 5.73 Å². The second kappa shape index (κ2) is 6.98. The van der Waals surface area contributed by atoms with E-state index in [-0.39, 0.29) is 5.56 Å². The molecule has 140 valence electrons. The van der Waals surface area contributed by atoms with Crippen LogP contribution in [-0.2, 0) is 6.54 Å². The first-order valence-corrected chi connectivity index (χ1v) is 9.04. The molecule has 0 aliphatic rings. The molecular weight excluding hydrogens is 376 g/mol. The Bertz CT molecular complexity index is 1240. The Morgan fingerprint density at radius 1 is 1.11 bits per heavy atom. The molecule has 2 aromatic heterocycles. The van der Waals surface area contributed by atoms with Crippen LogP contribution in [0.3, 0.4) is 0 Å². The zero-order valence-corrected chi connectivity index (χ0v) is 15.8. The lowest BCUT2D eigenvalue weighted by Crippen LogP contribution is -2.19. The first-order valence-electron chi connectivity index (χ1n) is 8.66. The van der Waals surface area contributed by atoms with E-state index in [1.807, 2.05) is 35.8 Å². The van der Waals surface area contributed by atoms with Crippen molar-refractivity contribution in [1.82, 2.24) is 14.0 Å². The molecule has 0 spiro atoms. The maximum atomic E-state index is 12.5. The van der Waals surface area contributed by atoms with E-state index in [0.29, 0.717) is 28.6 Å². The lowest BCUT2D eigenvalue weighted by atomic mass is 10.1. The minimum atomic E-state index is -0.464. The van der Waals surface area contributed by atoms with Gasteiger partial charge in [0.15, 0.2) is 0 Å². The average molecular weight is 393 g/mol. The van der Waals surface area contributed by atoms with Crippen LogP contribution >= 0.6 is 11.6 Å². The molecule has 0 aliphatic heterocycles. The van der Waals surface area contributed by atoms with Crippen LogP contribution in [0.1, 0.15) is 21.6 Å². The fourth-order valence-corrected chi connectivity index (χ4v) is 3.25. The Hall–Kier alpha value is -3.38. The maximum Gasteiger partial charge on any atom is 0.259 e. The fourth-order valence-electron chi connectivity index (χ4n) is 3.12. The predicted octanol–water partition coefficient (Wildman–Crippen LogP) is 3.27. The third-order valence-electron chi connectivity index (χ3n) is 4.64. The second-order valence-electron chi connectivity index (χ2n) is 6.57. The Labute approximate surface area is 165 Å². The van der Waals surface area contributed by atoms with Gasteiger partial charge in [-0.15, -0.1) is 0 Å². The number of fused-ring (bicyclic) bond motifs is 1. The molecule has 4 rings (SSSR count). The van der Waals surface area contributed by atoms with Gasteiger partial charge in [0.2, 0.25) is 11.7 Å². The highest BCUT2D eigenvalue weighted by Gasteiger charge is 2.12. The maximum absolute atomic E-state index is 12.5. The van der Waals surface area contributed by atoms with Gasteiger partial charge in [0.05, 0.1) is 12.2 Å². The van der Waals surface area contributed by atoms with Crippen LogP contribution in [0.15, 0.2) is 65.6 Å². The van der Waals surface area contributed by atoms with E-state index in [9.17, 15) is 9.59 Å². The molecule has 2 N–H and O–H groups in total. The summed E-state index contributed by atoms with van der Waals surface area (Å²) in [6, 6.07) is 16.0. The number of hydrogen-bond acceptors (Lipinski definition) is 3. The fraction of sp³-hybridized carbons (Fsp3) is 0.0952. The molecule has 2 heterocycles. The summed E-state index contributed by atoms with van der Waals surface area (Å²) in [6.07, 6.45) is 1.73. The average Bonchev–Trinajstić information content (AvgIpc) is 3.12. The first kappa shape index (κ1) is 18.0. The van der Waals surface area contributed by atoms with Crippen molar-refractivity contribution in [3.8, 4) is 11.3 Å². The van der Waals surface area contributed by atoms with Crippen LogP contribution in [0.25, 0.3) is 17.0 Å². The van der Waals surface area contributed by atoms with E-state index in [0.717, 1.165) is 16.8 Å². The highest BCUT2D eigenvalue weighted by atomic mass is 35.5. The van der Waals surface area contributed by atoms with Crippen LogP contribution in [0.2, 0.25) is 5.02 Å². The summed E-state index contributed by atoms with van der Waals surface area (Å²) in [7, 11) is 0. The van der Waals surface area contributed by atoms with E-state index in [4.69, 9.17) is 17.3 Å². The molecule has 0 saturated carbocycles. The largest absolute Gasteiger partial charge is 0.366 e. The van der Waals surface area contributed by atoms with Crippen molar-refractivity contribution < 1.29 is 4.79 Å². The Morgan fingerprint density at radius 3 is 2.43 bits per heavy atom. The summed E-state index contributed by atoms with van der Waals surface area (Å²) in [6.45, 7) is 2.38. The lowest BCUT2D eigenvalue weighted by Gasteiger charge is -2.12. The van der Waals surface area contributed by atoms with Crippen LogP contribution in [0.4, 0.5) is 0 Å².